The van der Waals surface area contributed by atoms with Crippen LogP contribution in [-0.4, -0.2) is 12.5 Å². The van der Waals surface area contributed by atoms with Crippen molar-refractivity contribution in [2.45, 2.75) is 26.7 Å². The predicted octanol–water partition coefficient (Wildman–Crippen LogP) is 2.92. The van der Waals surface area contributed by atoms with E-state index in [1.807, 2.05) is 6.07 Å². The van der Waals surface area contributed by atoms with Crippen LogP contribution >= 0.6 is 11.3 Å². The Balaban J connectivity index is 2.73. The topological polar surface area (TPSA) is 29.1 Å². The minimum Gasteiger partial charge on any atom is -0.348 e. The van der Waals surface area contributed by atoms with Gasteiger partial charge in [-0.1, -0.05) is 19.4 Å². The number of rotatable bonds is 5. The number of nitrogens with one attached hydrogen (secondary N) is 1. The van der Waals surface area contributed by atoms with Crippen molar-refractivity contribution in [1.29, 1.82) is 0 Å². The fourth-order valence-corrected chi connectivity index (χ4v) is 2.39. The molecule has 0 radical (unpaired) electrons. The van der Waals surface area contributed by atoms with Crippen molar-refractivity contribution >= 4 is 17.2 Å². The molecule has 1 heterocycles. The Morgan fingerprint density at radius 1 is 1.67 bits per heavy atom. The first kappa shape index (κ1) is 12.0. The zero-order valence-corrected chi connectivity index (χ0v) is 10.1. The van der Waals surface area contributed by atoms with Gasteiger partial charge in [-0.25, -0.2) is 0 Å². The second-order valence-corrected chi connectivity index (χ2v) is 4.70. The van der Waals surface area contributed by atoms with Gasteiger partial charge in [-0.3, -0.25) is 4.79 Å². The van der Waals surface area contributed by atoms with E-state index < -0.39 is 0 Å². The van der Waals surface area contributed by atoms with Gasteiger partial charge < -0.3 is 5.32 Å². The number of carbonyl (C=O) groups is 1. The van der Waals surface area contributed by atoms with E-state index in [1.165, 1.54) is 10.4 Å². The van der Waals surface area contributed by atoms with E-state index in [2.05, 4.69) is 25.7 Å². The van der Waals surface area contributed by atoms with Crippen molar-refractivity contribution in [3.8, 4) is 0 Å². The molecule has 2 nitrogen and oxygen atoms in total. The Morgan fingerprint density at radius 3 is 3.00 bits per heavy atom. The quantitative estimate of drug-likeness (QED) is 0.764. The van der Waals surface area contributed by atoms with E-state index in [9.17, 15) is 4.79 Å². The van der Waals surface area contributed by atoms with Crippen molar-refractivity contribution in [3.63, 3.8) is 0 Å². The molecule has 1 aromatic heterocycles. The molecule has 1 aromatic rings. The lowest BCUT2D eigenvalue weighted by atomic mass is 10.1. The van der Waals surface area contributed by atoms with Gasteiger partial charge in [0.15, 0.2) is 0 Å². The Bertz CT molecular complexity index is 355. The van der Waals surface area contributed by atoms with Crippen molar-refractivity contribution < 1.29 is 4.79 Å². The maximum atomic E-state index is 11.6. The lowest BCUT2D eigenvalue weighted by Crippen LogP contribution is -2.22. The van der Waals surface area contributed by atoms with Crippen LogP contribution in [0.25, 0.3) is 0 Å². The molecule has 15 heavy (non-hydrogen) atoms. The van der Waals surface area contributed by atoms with Crippen LogP contribution in [0.5, 0.6) is 0 Å². The van der Waals surface area contributed by atoms with Crippen LogP contribution in [0.4, 0.5) is 0 Å². The third-order valence-electron chi connectivity index (χ3n) is 2.17. The molecule has 0 bridgehead atoms. The Kier molecular flexibility index (Phi) is 4.56. The summed E-state index contributed by atoms with van der Waals surface area (Å²) in [6.07, 6.45) is 3.85. The monoisotopic (exact) mass is 223 g/mol. The molecule has 0 saturated carbocycles. The molecule has 0 aliphatic rings. The second kappa shape index (κ2) is 5.71. The van der Waals surface area contributed by atoms with Gasteiger partial charge in [0.25, 0.3) is 5.91 Å². The molecule has 3 heteroatoms. The Labute approximate surface area is 95.0 Å². The van der Waals surface area contributed by atoms with Gasteiger partial charge in [-0.2, -0.15) is 0 Å². The molecule has 1 N–H and O–H groups in total. The second-order valence-electron chi connectivity index (χ2n) is 3.44. The van der Waals surface area contributed by atoms with E-state index >= 15 is 0 Å². The Hall–Kier alpha value is -1.09. The summed E-state index contributed by atoms with van der Waals surface area (Å²) in [5, 5.41) is 2.78. The molecule has 82 valence electrons. The highest BCUT2D eigenvalue weighted by molar-refractivity contribution is 7.14. The highest BCUT2D eigenvalue weighted by atomic mass is 32.1. The molecule has 0 atom stereocenters. The van der Waals surface area contributed by atoms with Crippen LogP contribution in [-0.2, 0) is 6.42 Å². The maximum absolute atomic E-state index is 11.6. The summed E-state index contributed by atoms with van der Waals surface area (Å²) < 4.78 is 0. The predicted molar refractivity (Wildman–Crippen MR) is 65.6 cm³/mol. The van der Waals surface area contributed by atoms with Crippen LogP contribution in [0.2, 0.25) is 0 Å². The minimum absolute atomic E-state index is 0.00496. The van der Waals surface area contributed by atoms with E-state index in [4.69, 9.17) is 0 Å². The Morgan fingerprint density at radius 2 is 2.40 bits per heavy atom. The average Bonchev–Trinajstić information content (AvgIpc) is 2.58. The fourth-order valence-electron chi connectivity index (χ4n) is 1.40. The van der Waals surface area contributed by atoms with Gasteiger partial charge >= 0.3 is 0 Å². The molecule has 0 spiro atoms. The number of carbonyl (C=O) groups excluding carboxylic acids is 1. The fraction of sp³-hybridized carbons (Fsp3) is 0.417. The molecule has 0 fully saturated rings. The first-order chi connectivity index (χ1) is 7.19. The normalized spacial score (nSPS) is 10.0. The molecular formula is C12H17NOS. The first-order valence-electron chi connectivity index (χ1n) is 5.17. The van der Waals surface area contributed by atoms with Gasteiger partial charge in [0.05, 0.1) is 4.88 Å². The molecule has 1 rings (SSSR count). The maximum Gasteiger partial charge on any atom is 0.261 e. The number of hydrogen-bond donors (Lipinski definition) is 1. The average molecular weight is 223 g/mol. The minimum atomic E-state index is 0.00496. The lowest BCUT2D eigenvalue weighted by Gasteiger charge is -1.97. The molecular weight excluding hydrogens is 206 g/mol. The summed E-state index contributed by atoms with van der Waals surface area (Å²) in [7, 11) is 0. The van der Waals surface area contributed by atoms with Crippen LogP contribution < -0.4 is 5.32 Å². The van der Waals surface area contributed by atoms with Gasteiger partial charge in [-0.15, -0.1) is 17.9 Å². The molecule has 0 aliphatic carbocycles. The third kappa shape index (κ3) is 3.20. The number of thiophene rings is 1. The molecule has 0 aliphatic heterocycles. The molecule has 0 unspecified atom stereocenters. The van der Waals surface area contributed by atoms with Gasteiger partial charge in [0, 0.05) is 11.4 Å². The summed E-state index contributed by atoms with van der Waals surface area (Å²) in [5.74, 6) is 0.00496. The van der Waals surface area contributed by atoms with Crippen molar-refractivity contribution in [2.75, 3.05) is 6.54 Å². The highest BCUT2D eigenvalue weighted by Crippen LogP contribution is 2.22. The van der Waals surface area contributed by atoms with Gasteiger partial charge in [-0.05, 0) is 25.0 Å². The van der Waals surface area contributed by atoms with Crippen molar-refractivity contribution in [3.05, 3.63) is 34.0 Å². The summed E-state index contributed by atoms with van der Waals surface area (Å²) in [5.41, 5.74) is 1.30. The van der Waals surface area contributed by atoms with E-state index in [0.717, 1.165) is 17.7 Å². The van der Waals surface area contributed by atoms with Crippen LogP contribution in [0, 0.1) is 6.92 Å². The summed E-state index contributed by atoms with van der Waals surface area (Å²) in [6, 6.07) is 2.00. The summed E-state index contributed by atoms with van der Waals surface area (Å²) in [6.45, 7) is 8.31. The van der Waals surface area contributed by atoms with Gasteiger partial charge in [0.2, 0.25) is 0 Å². The van der Waals surface area contributed by atoms with E-state index in [1.54, 1.807) is 17.4 Å². The lowest BCUT2D eigenvalue weighted by molar-refractivity contribution is 0.0962. The first-order valence-corrected chi connectivity index (χ1v) is 5.99. The highest BCUT2D eigenvalue weighted by Gasteiger charge is 2.10. The smallest absolute Gasteiger partial charge is 0.261 e. The molecule has 0 saturated heterocycles. The summed E-state index contributed by atoms with van der Waals surface area (Å²) in [4.78, 5) is 13.7. The van der Waals surface area contributed by atoms with Crippen LogP contribution in [0.1, 0.15) is 33.5 Å². The van der Waals surface area contributed by atoms with E-state index in [-0.39, 0.29) is 5.91 Å². The molecule has 0 aromatic carbocycles. The van der Waals surface area contributed by atoms with E-state index in [0.29, 0.717) is 6.54 Å². The third-order valence-corrected chi connectivity index (χ3v) is 3.26. The van der Waals surface area contributed by atoms with Crippen LogP contribution in [0.3, 0.4) is 0 Å². The van der Waals surface area contributed by atoms with Crippen LogP contribution in [0.15, 0.2) is 18.7 Å². The summed E-state index contributed by atoms with van der Waals surface area (Å²) >= 11 is 1.57. The molecule has 1 amide bonds. The number of aryl methyl sites for hydroxylation is 2. The largest absolute Gasteiger partial charge is 0.348 e. The standard InChI is InChI=1S/C12H17NOS/c1-4-6-10-8-11(15-9(10)3)12(14)13-7-5-2/h5,8H,2,4,6-7H2,1,3H3,(H,13,14). The van der Waals surface area contributed by atoms with Crippen molar-refractivity contribution in [2.24, 2.45) is 0 Å². The zero-order chi connectivity index (χ0) is 11.3. The zero-order valence-electron chi connectivity index (χ0n) is 9.30. The van der Waals surface area contributed by atoms with Gasteiger partial charge in [0.1, 0.15) is 0 Å². The number of hydrogen-bond acceptors (Lipinski definition) is 2. The SMILES string of the molecule is C=CCNC(=O)c1cc(CCC)c(C)s1. The number of amides is 1. The van der Waals surface area contributed by atoms with Crippen molar-refractivity contribution in [1.82, 2.24) is 5.32 Å².